The predicted molar refractivity (Wildman–Crippen MR) is 108 cm³/mol. The third kappa shape index (κ3) is 3.75. The minimum Gasteiger partial charge on any atom is -0.478 e. The first-order chi connectivity index (χ1) is 13.0. The number of carbonyl (C=O) groups is 1. The van der Waals surface area contributed by atoms with Crippen LogP contribution < -0.4 is 5.43 Å². The Morgan fingerprint density at radius 1 is 1.19 bits per heavy atom. The van der Waals surface area contributed by atoms with Crippen molar-refractivity contribution in [2.24, 2.45) is 0 Å². The summed E-state index contributed by atoms with van der Waals surface area (Å²) < 4.78 is 5.93. The fraction of sp³-hybridized carbons (Fsp3) is 0.130. The molecule has 0 amide bonds. The van der Waals surface area contributed by atoms with Crippen LogP contribution in [0.2, 0.25) is 0 Å². The monoisotopic (exact) mass is 360 g/mol. The summed E-state index contributed by atoms with van der Waals surface area (Å²) in [6.45, 7) is 5.80. The second-order valence-corrected chi connectivity index (χ2v) is 6.17. The van der Waals surface area contributed by atoms with E-state index in [9.17, 15) is 9.59 Å². The van der Waals surface area contributed by atoms with Crippen molar-refractivity contribution in [1.82, 2.24) is 0 Å². The number of carboxylic acids is 1. The maximum Gasteiger partial charge on any atom is 0.335 e. The molecule has 1 heterocycles. The van der Waals surface area contributed by atoms with Gasteiger partial charge in [0.2, 0.25) is 0 Å². The van der Waals surface area contributed by atoms with Crippen LogP contribution in [-0.2, 0) is 12.8 Å². The van der Waals surface area contributed by atoms with E-state index in [1.54, 1.807) is 12.2 Å². The third-order valence-corrected chi connectivity index (χ3v) is 4.46. The number of benzene rings is 2. The molecule has 3 aromatic rings. The minimum absolute atomic E-state index is 0.0551. The number of allylic oxidation sites excluding steroid dienone is 1. The van der Waals surface area contributed by atoms with Crippen LogP contribution in [-0.4, -0.2) is 11.1 Å². The lowest BCUT2D eigenvalue weighted by molar-refractivity contribution is 0.0697. The van der Waals surface area contributed by atoms with Crippen LogP contribution >= 0.6 is 0 Å². The second kappa shape index (κ2) is 7.87. The van der Waals surface area contributed by atoms with Crippen molar-refractivity contribution in [2.45, 2.75) is 19.8 Å². The highest BCUT2D eigenvalue weighted by molar-refractivity contribution is 5.93. The molecule has 0 aliphatic carbocycles. The number of carboxylic acid groups (broad SMARTS) is 1. The maximum atomic E-state index is 12.9. The molecule has 2 aromatic carbocycles. The Kier molecular flexibility index (Phi) is 5.36. The van der Waals surface area contributed by atoms with Crippen LogP contribution in [0.25, 0.3) is 23.1 Å². The highest BCUT2D eigenvalue weighted by Crippen LogP contribution is 2.21. The Morgan fingerprint density at radius 2 is 1.96 bits per heavy atom. The van der Waals surface area contributed by atoms with Gasteiger partial charge in [0.05, 0.1) is 10.9 Å². The van der Waals surface area contributed by atoms with E-state index in [2.05, 4.69) is 19.6 Å². The van der Waals surface area contributed by atoms with E-state index < -0.39 is 5.97 Å². The summed E-state index contributed by atoms with van der Waals surface area (Å²) in [6.07, 6.45) is 6.60. The molecule has 0 unspecified atom stereocenters. The summed E-state index contributed by atoms with van der Waals surface area (Å²) in [5, 5.41) is 9.42. The van der Waals surface area contributed by atoms with E-state index in [0.717, 1.165) is 12.0 Å². The molecule has 0 bridgehead atoms. The highest BCUT2D eigenvalue weighted by atomic mass is 16.4. The van der Waals surface area contributed by atoms with Gasteiger partial charge < -0.3 is 9.52 Å². The zero-order valence-corrected chi connectivity index (χ0v) is 15.1. The number of rotatable bonds is 6. The van der Waals surface area contributed by atoms with Gasteiger partial charge in [0.15, 0.2) is 5.43 Å². The molecule has 136 valence electrons. The van der Waals surface area contributed by atoms with E-state index in [1.165, 1.54) is 23.8 Å². The van der Waals surface area contributed by atoms with Crippen molar-refractivity contribution < 1.29 is 14.3 Å². The minimum atomic E-state index is -1.08. The zero-order valence-electron chi connectivity index (χ0n) is 15.1. The van der Waals surface area contributed by atoms with Crippen LogP contribution in [0.3, 0.4) is 0 Å². The van der Waals surface area contributed by atoms with Crippen LogP contribution in [0.15, 0.2) is 64.3 Å². The Balaban J connectivity index is 2.17. The molecule has 0 saturated heterocycles. The Labute approximate surface area is 157 Å². The summed E-state index contributed by atoms with van der Waals surface area (Å²) >= 11 is 0. The maximum absolute atomic E-state index is 12.9. The molecular formula is C23H20O4. The zero-order chi connectivity index (χ0) is 19.4. The van der Waals surface area contributed by atoms with Gasteiger partial charge in [-0.05, 0) is 48.2 Å². The fourth-order valence-electron chi connectivity index (χ4n) is 3.04. The molecule has 3 rings (SSSR count). The molecule has 0 saturated carbocycles. The molecule has 0 spiro atoms. The van der Waals surface area contributed by atoms with Gasteiger partial charge in [-0.15, -0.1) is 6.58 Å². The van der Waals surface area contributed by atoms with E-state index in [0.29, 0.717) is 23.3 Å². The molecule has 0 aliphatic rings. The summed E-state index contributed by atoms with van der Waals surface area (Å²) in [6, 6.07) is 12.4. The molecule has 1 N–H and O–H groups in total. The number of aromatic carboxylic acids is 1. The average Bonchev–Trinajstić information content (AvgIpc) is 2.68. The Bertz CT molecular complexity index is 1100. The van der Waals surface area contributed by atoms with Gasteiger partial charge in [-0.2, -0.15) is 0 Å². The first-order valence-corrected chi connectivity index (χ1v) is 8.75. The number of aryl methyl sites for hydroxylation is 1. The van der Waals surface area contributed by atoms with Crippen molar-refractivity contribution in [3.63, 3.8) is 0 Å². The SMILES string of the molecule is C=CCc1c(/C=C/c2ccccc2CC)oc2ccc(C(=O)O)cc2c1=O. The molecule has 4 heteroatoms. The van der Waals surface area contributed by atoms with E-state index in [-0.39, 0.29) is 16.4 Å². The molecule has 4 nitrogen and oxygen atoms in total. The number of fused-ring (bicyclic) bond motifs is 1. The normalized spacial score (nSPS) is 11.1. The van der Waals surface area contributed by atoms with Crippen molar-refractivity contribution in [3.05, 3.63) is 93.4 Å². The molecule has 0 atom stereocenters. The largest absolute Gasteiger partial charge is 0.478 e. The fourth-order valence-corrected chi connectivity index (χ4v) is 3.04. The Morgan fingerprint density at radius 3 is 2.67 bits per heavy atom. The van der Waals surface area contributed by atoms with Gasteiger partial charge in [0, 0.05) is 5.56 Å². The number of hydrogen-bond acceptors (Lipinski definition) is 3. The van der Waals surface area contributed by atoms with Crippen molar-refractivity contribution in [3.8, 4) is 0 Å². The number of hydrogen-bond donors (Lipinski definition) is 1. The van der Waals surface area contributed by atoms with Crippen molar-refractivity contribution >= 4 is 29.1 Å². The van der Waals surface area contributed by atoms with Gasteiger partial charge in [-0.3, -0.25) is 4.79 Å². The van der Waals surface area contributed by atoms with Gasteiger partial charge in [0.25, 0.3) is 0 Å². The van der Waals surface area contributed by atoms with E-state index in [4.69, 9.17) is 9.52 Å². The van der Waals surface area contributed by atoms with Crippen LogP contribution in [0.1, 0.15) is 39.7 Å². The molecule has 1 aromatic heterocycles. The lowest BCUT2D eigenvalue weighted by atomic mass is 10.0. The summed E-state index contributed by atoms with van der Waals surface area (Å²) in [5.74, 6) is -0.622. The quantitative estimate of drug-likeness (QED) is 0.631. The van der Waals surface area contributed by atoms with E-state index in [1.807, 2.05) is 24.3 Å². The Hall–Kier alpha value is -3.40. The molecule has 0 aliphatic heterocycles. The van der Waals surface area contributed by atoms with Gasteiger partial charge in [0.1, 0.15) is 11.3 Å². The summed E-state index contributed by atoms with van der Waals surface area (Å²) in [5.41, 5.74) is 2.91. The standard InChI is InChI=1S/C23H20O4/c1-3-7-18-20(12-10-16-9-6-5-8-15(16)4-2)27-21-13-11-17(23(25)26)14-19(21)22(18)24/h3,5-6,8-14H,1,4,7H2,2H3,(H,25,26)/b12-10+. The first-order valence-electron chi connectivity index (χ1n) is 8.75. The van der Waals surface area contributed by atoms with E-state index >= 15 is 0 Å². The molecule has 27 heavy (non-hydrogen) atoms. The lowest BCUT2D eigenvalue weighted by Gasteiger charge is -2.07. The van der Waals surface area contributed by atoms with Crippen LogP contribution in [0.5, 0.6) is 0 Å². The predicted octanol–water partition coefficient (Wildman–Crippen LogP) is 4.95. The molecular weight excluding hydrogens is 340 g/mol. The summed E-state index contributed by atoms with van der Waals surface area (Å²) in [4.78, 5) is 24.1. The smallest absolute Gasteiger partial charge is 0.335 e. The van der Waals surface area contributed by atoms with Gasteiger partial charge >= 0.3 is 5.97 Å². The topological polar surface area (TPSA) is 67.5 Å². The second-order valence-electron chi connectivity index (χ2n) is 6.17. The third-order valence-electron chi connectivity index (χ3n) is 4.46. The summed E-state index contributed by atoms with van der Waals surface area (Å²) in [7, 11) is 0. The molecule has 0 fully saturated rings. The van der Waals surface area contributed by atoms with Crippen molar-refractivity contribution in [1.29, 1.82) is 0 Å². The van der Waals surface area contributed by atoms with Crippen LogP contribution in [0, 0.1) is 0 Å². The lowest BCUT2D eigenvalue weighted by Crippen LogP contribution is -2.11. The van der Waals surface area contributed by atoms with Crippen LogP contribution in [0.4, 0.5) is 0 Å². The highest BCUT2D eigenvalue weighted by Gasteiger charge is 2.14. The van der Waals surface area contributed by atoms with Gasteiger partial charge in [-0.1, -0.05) is 43.3 Å². The van der Waals surface area contributed by atoms with Gasteiger partial charge in [-0.25, -0.2) is 4.79 Å². The average molecular weight is 360 g/mol. The molecule has 0 radical (unpaired) electrons. The van der Waals surface area contributed by atoms with Crippen molar-refractivity contribution in [2.75, 3.05) is 0 Å². The first kappa shape index (κ1) is 18.4.